The first-order valence-electron chi connectivity index (χ1n) is 9.63. The van der Waals surface area contributed by atoms with Crippen molar-refractivity contribution in [3.05, 3.63) is 45.9 Å². The highest BCUT2D eigenvalue weighted by molar-refractivity contribution is 7.07. The van der Waals surface area contributed by atoms with E-state index in [4.69, 9.17) is 0 Å². The summed E-state index contributed by atoms with van der Waals surface area (Å²) in [5.41, 5.74) is 3.22. The number of amides is 1. The maximum absolute atomic E-state index is 12.2. The highest BCUT2D eigenvalue weighted by atomic mass is 32.1. The zero-order chi connectivity index (χ0) is 19.0. The Kier molecular flexibility index (Phi) is 4.95. The standard InChI is InChI=1S/C21H27N3O2S/c1-15-3-4-19(26)18(22-15)13-23-8-6-21(7-9-23)11-20(21)24(16(2)25)12-17-5-10-27-14-17/h3-5,10,14,20,26H,6-9,11-13H2,1-2H3/t20-/m1/s1. The number of hydrogen-bond donors (Lipinski definition) is 1. The van der Waals surface area contributed by atoms with Crippen LogP contribution in [0.2, 0.25) is 0 Å². The number of aryl methyl sites for hydroxylation is 1. The molecule has 6 heteroatoms. The van der Waals surface area contributed by atoms with E-state index >= 15 is 0 Å². The molecule has 1 aliphatic carbocycles. The van der Waals surface area contributed by atoms with Gasteiger partial charge in [-0.05, 0) is 79.2 Å². The van der Waals surface area contributed by atoms with Gasteiger partial charge in [0.2, 0.25) is 5.91 Å². The van der Waals surface area contributed by atoms with Crippen LogP contribution < -0.4 is 0 Å². The van der Waals surface area contributed by atoms with Gasteiger partial charge in [0.15, 0.2) is 0 Å². The molecule has 2 aliphatic rings. The monoisotopic (exact) mass is 385 g/mol. The molecular formula is C21H27N3O2S. The van der Waals surface area contributed by atoms with Gasteiger partial charge < -0.3 is 10.0 Å². The van der Waals surface area contributed by atoms with Crippen molar-refractivity contribution in [1.82, 2.24) is 14.8 Å². The predicted molar refractivity (Wildman–Crippen MR) is 107 cm³/mol. The highest BCUT2D eigenvalue weighted by Gasteiger charge is 2.58. The minimum absolute atomic E-state index is 0.180. The van der Waals surface area contributed by atoms with Gasteiger partial charge in [0.05, 0.1) is 5.69 Å². The van der Waals surface area contributed by atoms with E-state index in [1.165, 1.54) is 5.56 Å². The molecule has 1 spiro atoms. The Bertz CT molecular complexity index is 813. The third kappa shape index (κ3) is 3.87. The summed E-state index contributed by atoms with van der Waals surface area (Å²) in [6.07, 6.45) is 3.34. The number of rotatable bonds is 5. The molecule has 1 aliphatic heterocycles. The van der Waals surface area contributed by atoms with Crippen LogP contribution in [0.5, 0.6) is 5.75 Å². The highest BCUT2D eigenvalue weighted by Crippen LogP contribution is 2.57. The number of thiophene rings is 1. The van der Waals surface area contributed by atoms with Crippen LogP contribution in [0.1, 0.15) is 43.1 Å². The molecule has 1 saturated carbocycles. The molecule has 2 fully saturated rings. The van der Waals surface area contributed by atoms with Gasteiger partial charge in [0, 0.05) is 31.7 Å². The molecule has 2 aromatic rings. The van der Waals surface area contributed by atoms with Crippen molar-refractivity contribution in [2.45, 2.75) is 52.2 Å². The Balaban J connectivity index is 1.36. The summed E-state index contributed by atoms with van der Waals surface area (Å²) in [6, 6.07) is 6.06. The zero-order valence-electron chi connectivity index (χ0n) is 16.0. The number of hydrogen-bond acceptors (Lipinski definition) is 5. The van der Waals surface area contributed by atoms with Gasteiger partial charge in [0.25, 0.3) is 0 Å². The summed E-state index contributed by atoms with van der Waals surface area (Å²) < 4.78 is 0. The van der Waals surface area contributed by atoms with Crippen LogP contribution in [0.3, 0.4) is 0 Å². The molecule has 2 aromatic heterocycles. The maximum Gasteiger partial charge on any atom is 0.220 e. The topological polar surface area (TPSA) is 56.7 Å². The minimum atomic E-state index is 0.180. The van der Waals surface area contributed by atoms with Gasteiger partial charge in [-0.25, -0.2) is 0 Å². The average Bonchev–Trinajstić information content (AvgIpc) is 3.07. The SMILES string of the molecule is CC(=O)N(Cc1ccsc1)[C@@H]1CC12CCN(Cc1nc(C)ccc1O)CC2. The fraction of sp³-hybridized carbons (Fsp3) is 0.524. The molecule has 144 valence electrons. The summed E-state index contributed by atoms with van der Waals surface area (Å²) >= 11 is 1.68. The van der Waals surface area contributed by atoms with E-state index in [0.717, 1.165) is 50.3 Å². The summed E-state index contributed by atoms with van der Waals surface area (Å²) in [7, 11) is 0. The smallest absolute Gasteiger partial charge is 0.220 e. The first-order valence-corrected chi connectivity index (χ1v) is 10.6. The Morgan fingerprint density at radius 1 is 1.37 bits per heavy atom. The number of piperidine rings is 1. The van der Waals surface area contributed by atoms with E-state index in [1.54, 1.807) is 24.3 Å². The van der Waals surface area contributed by atoms with Crippen molar-refractivity contribution in [2.75, 3.05) is 13.1 Å². The van der Waals surface area contributed by atoms with E-state index < -0.39 is 0 Å². The molecule has 3 heterocycles. The third-order valence-corrected chi connectivity index (χ3v) is 6.91. The molecular weight excluding hydrogens is 358 g/mol. The van der Waals surface area contributed by atoms with Crippen molar-refractivity contribution < 1.29 is 9.90 Å². The van der Waals surface area contributed by atoms with E-state index in [0.29, 0.717) is 18.0 Å². The minimum Gasteiger partial charge on any atom is -0.506 e. The quantitative estimate of drug-likeness (QED) is 0.855. The number of likely N-dealkylation sites (tertiary alicyclic amines) is 1. The Morgan fingerprint density at radius 2 is 2.15 bits per heavy atom. The summed E-state index contributed by atoms with van der Waals surface area (Å²) in [5, 5.41) is 14.3. The van der Waals surface area contributed by atoms with E-state index in [1.807, 2.05) is 13.0 Å². The number of carbonyl (C=O) groups excluding carboxylic acids is 1. The van der Waals surface area contributed by atoms with Crippen molar-refractivity contribution in [2.24, 2.45) is 5.41 Å². The molecule has 0 unspecified atom stereocenters. The Hall–Kier alpha value is -1.92. The summed E-state index contributed by atoms with van der Waals surface area (Å²) in [6.45, 7) is 7.06. The van der Waals surface area contributed by atoms with Crippen LogP contribution in [0, 0.1) is 12.3 Å². The van der Waals surface area contributed by atoms with Gasteiger partial charge in [-0.2, -0.15) is 11.3 Å². The maximum atomic E-state index is 12.2. The van der Waals surface area contributed by atoms with Gasteiger partial charge in [-0.1, -0.05) is 0 Å². The molecule has 0 aromatic carbocycles. The Labute approximate surface area is 164 Å². The van der Waals surface area contributed by atoms with Crippen LogP contribution >= 0.6 is 11.3 Å². The fourth-order valence-electron chi connectivity index (χ4n) is 4.41. The lowest BCUT2D eigenvalue weighted by Crippen LogP contribution is -2.39. The second-order valence-corrected chi connectivity index (χ2v) is 8.84. The first-order chi connectivity index (χ1) is 13.0. The molecule has 1 saturated heterocycles. The molecule has 0 bridgehead atoms. The van der Waals surface area contributed by atoms with Crippen LogP contribution in [-0.4, -0.2) is 44.9 Å². The molecule has 1 N–H and O–H groups in total. The van der Waals surface area contributed by atoms with Gasteiger partial charge in [0.1, 0.15) is 5.75 Å². The van der Waals surface area contributed by atoms with Crippen molar-refractivity contribution >= 4 is 17.2 Å². The van der Waals surface area contributed by atoms with Crippen molar-refractivity contribution in [1.29, 1.82) is 0 Å². The normalized spacial score (nSPS) is 21.3. The lowest BCUT2D eigenvalue weighted by atomic mass is 9.92. The molecule has 27 heavy (non-hydrogen) atoms. The van der Waals surface area contributed by atoms with Crippen molar-refractivity contribution in [3.63, 3.8) is 0 Å². The fourth-order valence-corrected chi connectivity index (χ4v) is 5.07. The Morgan fingerprint density at radius 3 is 2.81 bits per heavy atom. The van der Waals surface area contributed by atoms with Crippen LogP contribution in [0.25, 0.3) is 0 Å². The summed E-state index contributed by atoms with van der Waals surface area (Å²) in [5.74, 6) is 0.461. The van der Waals surface area contributed by atoms with Crippen LogP contribution in [-0.2, 0) is 17.9 Å². The van der Waals surface area contributed by atoms with E-state index in [-0.39, 0.29) is 11.7 Å². The van der Waals surface area contributed by atoms with E-state index in [2.05, 4.69) is 31.6 Å². The number of nitrogens with zero attached hydrogens (tertiary/aromatic N) is 3. The molecule has 1 atom stereocenters. The third-order valence-electron chi connectivity index (χ3n) is 6.17. The van der Waals surface area contributed by atoms with Crippen LogP contribution in [0.15, 0.2) is 29.0 Å². The number of carbonyl (C=O) groups is 1. The predicted octanol–water partition coefficient (Wildman–Crippen LogP) is 3.56. The second kappa shape index (κ2) is 7.24. The first kappa shape index (κ1) is 18.4. The lowest BCUT2D eigenvalue weighted by Gasteiger charge is -2.34. The summed E-state index contributed by atoms with van der Waals surface area (Å²) in [4.78, 5) is 21.2. The van der Waals surface area contributed by atoms with E-state index in [9.17, 15) is 9.90 Å². The molecule has 5 nitrogen and oxygen atoms in total. The molecule has 0 radical (unpaired) electrons. The number of aromatic hydroxyl groups is 1. The second-order valence-electron chi connectivity index (χ2n) is 8.06. The average molecular weight is 386 g/mol. The largest absolute Gasteiger partial charge is 0.506 e. The van der Waals surface area contributed by atoms with Crippen LogP contribution in [0.4, 0.5) is 0 Å². The number of aromatic nitrogens is 1. The molecule has 1 amide bonds. The zero-order valence-corrected chi connectivity index (χ0v) is 16.8. The number of pyridine rings is 1. The molecule has 4 rings (SSSR count). The lowest BCUT2D eigenvalue weighted by molar-refractivity contribution is -0.130. The van der Waals surface area contributed by atoms with Crippen molar-refractivity contribution in [3.8, 4) is 5.75 Å². The van der Waals surface area contributed by atoms with Gasteiger partial charge >= 0.3 is 0 Å². The van der Waals surface area contributed by atoms with Gasteiger partial charge in [-0.3, -0.25) is 14.7 Å². The van der Waals surface area contributed by atoms with Gasteiger partial charge in [-0.15, -0.1) is 0 Å².